The lowest BCUT2D eigenvalue weighted by Crippen LogP contribution is -2.34. The fraction of sp³-hybridized carbons (Fsp3) is 0.316. The van der Waals surface area contributed by atoms with Gasteiger partial charge in [0, 0.05) is 17.3 Å². The molecule has 2 aromatic rings. The van der Waals surface area contributed by atoms with Crippen molar-refractivity contribution in [3.63, 3.8) is 0 Å². The van der Waals surface area contributed by atoms with Crippen molar-refractivity contribution in [1.82, 2.24) is 5.32 Å². The van der Waals surface area contributed by atoms with Gasteiger partial charge < -0.3 is 15.4 Å². The first kappa shape index (κ1) is 15.6. The van der Waals surface area contributed by atoms with Gasteiger partial charge in [-0.05, 0) is 56.6 Å². The molecular formula is C19H22N2O2. The van der Waals surface area contributed by atoms with E-state index in [2.05, 4.69) is 10.6 Å². The number of hydrogen-bond acceptors (Lipinski definition) is 3. The third kappa shape index (κ3) is 4.11. The summed E-state index contributed by atoms with van der Waals surface area (Å²) in [6.45, 7) is 4.02. The minimum atomic E-state index is -0.109. The molecule has 1 aliphatic heterocycles. The molecule has 3 rings (SSSR count). The van der Waals surface area contributed by atoms with Crippen molar-refractivity contribution in [1.29, 1.82) is 0 Å². The minimum absolute atomic E-state index is 0.109. The van der Waals surface area contributed by atoms with Gasteiger partial charge in [0.25, 0.3) is 5.91 Å². The summed E-state index contributed by atoms with van der Waals surface area (Å²) in [6, 6.07) is 15.0. The highest BCUT2D eigenvalue weighted by atomic mass is 16.5. The number of hydrogen-bond donors (Lipinski definition) is 2. The van der Waals surface area contributed by atoms with Gasteiger partial charge in [-0.2, -0.15) is 0 Å². The van der Waals surface area contributed by atoms with Crippen LogP contribution in [-0.2, 0) is 0 Å². The Hall–Kier alpha value is -2.33. The smallest absolute Gasteiger partial charge is 0.255 e. The summed E-state index contributed by atoms with van der Waals surface area (Å²) in [4.78, 5) is 12.2. The van der Waals surface area contributed by atoms with Crippen LogP contribution in [0.1, 0.15) is 28.8 Å². The molecule has 1 aliphatic rings. The summed E-state index contributed by atoms with van der Waals surface area (Å²) in [5, 5.41) is 6.27. The lowest BCUT2D eigenvalue weighted by molar-refractivity contribution is 0.102. The number of nitrogens with one attached hydrogen (secondary N) is 2. The van der Waals surface area contributed by atoms with Crippen LogP contribution in [0.25, 0.3) is 0 Å². The van der Waals surface area contributed by atoms with Crippen LogP contribution >= 0.6 is 0 Å². The predicted molar refractivity (Wildman–Crippen MR) is 92.1 cm³/mol. The highest BCUT2D eigenvalue weighted by Crippen LogP contribution is 2.25. The van der Waals surface area contributed by atoms with E-state index in [0.717, 1.165) is 42.9 Å². The Morgan fingerprint density at radius 2 is 1.87 bits per heavy atom. The quantitative estimate of drug-likeness (QED) is 0.910. The number of aryl methyl sites for hydroxylation is 1. The number of carbonyl (C=O) groups is 1. The minimum Gasteiger partial charge on any atom is -0.490 e. The number of amides is 1. The Balaban J connectivity index is 1.70. The van der Waals surface area contributed by atoms with E-state index >= 15 is 0 Å². The van der Waals surface area contributed by atoms with Gasteiger partial charge in [0.2, 0.25) is 0 Å². The van der Waals surface area contributed by atoms with Crippen LogP contribution in [0.3, 0.4) is 0 Å². The van der Waals surface area contributed by atoms with E-state index in [9.17, 15) is 4.79 Å². The van der Waals surface area contributed by atoms with E-state index in [-0.39, 0.29) is 12.0 Å². The largest absolute Gasteiger partial charge is 0.490 e. The van der Waals surface area contributed by atoms with Crippen molar-refractivity contribution in [2.45, 2.75) is 25.9 Å². The van der Waals surface area contributed by atoms with Crippen LogP contribution in [0, 0.1) is 6.92 Å². The number of ether oxygens (including phenoxy) is 1. The lowest BCUT2D eigenvalue weighted by Gasteiger charge is -2.25. The molecule has 2 N–H and O–H groups in total. The summed E-state index contributed by atoms with van der Waals surface area (Å²) in [5.41, 5.74) is 2.49. The second kappa shape index (κ2) is 7.29. The monoisotopic (exact) mass is 310 g/mol. The van der Waals surface area contributed by atoms with Gasteiger partial charge in [0.15, 0.2) is 0 Å². The molecule has 23 heavy (non-hydrogen) atoms. The first-order chi connectivity index (χ1) is 11.2. The summed E-state index contributed by atoms with van der Waals surface area (Å²) < 4.78 is 6.12. The second-order valence-corrected chi connectivity index (χ2v) is 5.87. The van der Waals surface area contributed by atoms with Crippen molar-refractivity contribution < 1.29 is 9.53 Å². The van der Waals surface area contributed by atoms with Crippen LogP contribution in [0.15, 0.2) is 48.5 Å². The molecule has 0 unspecified atom stereocenters. The fourth-order valence-corrected chi connectivity index (χ4v) is 2.69. The molecule has 1 amide bonds. The molecule has 0 radical (unpaired) electrons. The zero-order valence-corrected chi connectivity index (χ0v) is 13.3. The van der Waals surface area contributed by atoms with Crippen LogP contribution < -0.4 is 15.4 Å². The summed E-state index contributed by atoms with van der Waals surface area (Å²) in [7, 11) is 0. The summed E-state index contributed by atoms with van der Waals surface area (Å²) in [5.74, 6) is 0.741. The van der Waals surface area contributed by atoms with Gasteiger partial charge in [0.1, 0.15) is 11.9 Å². The number of piperidine rings is 1. The van der Waals surface area contributed by atoms with Crippen molar-refractivity contribution in [3.8, 4) is 5.75 Å². The molecule has 120 valence electrons. The molecule has 0 saturated carbocycles. The first-order valence-corrected chi connectivity index (χ1v) is 8.07. The average Bonchev–Trinajstić information content (AvgIpc) is 2.59. The lowest BCUT2D eigenvalue weighted by atomic mass is 10.1. The van der Waals surface area contributed by atoms with Gasteiger partial charge >= 0.3 is 0 Å². The molecule has 2 aromatic carbocycles. The molecule has 0 atom stereocenters. The van der Waals surface area contributed by atoms with Gasteiger partial charge in [-0.1, -0.05) is 24.3 Å². The molecule has 1 heterocycles. The maximum absolute atomic E-state index is 12.2. The normalized spacial score (nSPS) is 15.2. The molecule has 4 heteroatoms. The molecule has 1 saturated heterocycles. The molecule has 0 aromatic heterocycles. The van der Waals surface area contributed by atoms with E-state index in [1.807, 2.05) is 43.3 Å². The van der Waals surface area contributed by atoms with Crippen LogP contribution in [0.5, 0.6) is 5.75 Å². The van der Waals surface area contributed by atoms with Crippen molar-refractivity contribution in [3.05, 3.63) is 59.7 Å². The third-order valence-corrected chi connectivity index (χ3v) is 4.06. The van der Waals surface area contributed by atoms with E-state index < -0.39 is 0 Å². The number of carbonyl (C=O) groups excluding carboxylic acids is 1. The standard InChI is InChI=1S/C19H22N2O2/c1-14-7-8-16(21-19(22)15-5-3-2-4-6-15)13-18(14)23-17-9-11-20-12-10-17/h2-8,13,17,20H,9-12H2,1H3,(H,21,22). The van der Waals surface area contributed by atoms with Crippen molar-refractivity contribution >= 4 is 11.6 Å². The van der Waals surface area contributed by atoms with Gasteiger partial charge in [-0.15, -0.1) is 0 Å². The Bertz CT molecular complexity index is 664. The third-order valence-electron chi connectivity index (χ3n) is 4.06. The van der Waals surface area contributed by atoms with Crippen LogP contribution in [0.2, 0.25) is 0 Å². The Labute approximate surface area is 136 Å². The van der Waals surface area contributed by atoms with Gasteiger partial charge in [-0.25, -0.2) is 0 Å². The summed E-state index contributed by atoms with van der Waals surface area (Å²) in [6.07, 6.45) is 2.27. The number of rotatable bonds is 4. The second-order valence-electron chi connectivity index (χ2n) is 5.87. The highest BCUT2D eigenvalue weighted by molar-refractivity contribution is 6.04. The topological polar surface area (TPSA) is 50.4 Å². The fourth-order valence-electron chi connectivity index (χ4n) is 2.69. The summed E-state index contributed by atoms with van der Waals surface area (Å²) >= 11 is 0. The highest BCUT2D eigenvalue weighted by Gasteiger charge is 2.16. The van der Waals surface area contributed by atoms with Gasteiger partial charge in [0.05, 0.1) is 0 Å². The Kier molecular flexibility index (Phi) is 4.93. The predicted octanol–water partition coefficient (Wildman–Crippen LogP) is 3.38. The molecule has 1 fully saturated rings. The zero-order chi connectivity index (χ0) is 16.1. The Morgan fingerprint density at radius 3 is 2.61 bits per heavy atom. The van der Waals surface area contributed by atoms with Crippen molar-refractivity contribution in [2.75, 3.05) is 18.4 Å². The Morgan fingerprint density at radius 1 is 1.13 bits per heavy atom. The molecule has 4 nitrogen and oxygen atoms in total. The molecular weight excluding hydrogens is 288 g/mol. The number of anilines is 1. The molecule has 0 aliphatic carbocycles. The maximum atomic E-state index is 12.2. The first-order valence-electron chi connectivity index (χ1n) is 8.07. The SMILES string of the molecule is Cc1ccc(NC(=O)c2ccccc2)cc1OC1CCNCC1. The van der Waals surface area contributed by atoms with Crippen molar-refractivity contribution in [2.24, 2.45) is 0 Å². The zero-order valence-electron chi connectivity index (χ0n) is 13.3. The maximum Gasteiger partial charge on any atom is 0.255 e. The van der Waals surface area contributed by atoms with E-state index in [0.29, 0.717) is 5.56 Å². The van der Waals surface area contributed by atoms with E-state index in [1.165, 1.54) is 0 Å². The van der Waals surface area contributed by atoms with Crippen LogP contribution in [-0.4, -0.2) is 25.1 Å². The molecule has 0 bridgehead atoms. The number of benzene rings is 2. The average molecular weight is 310 g/mol. The van der Waals surface area contributed by atoms with Gasteiger partial charge in [-0.3, -0.25) is 4.79 Å². The van der Waals surface area contributed by atoms with E-state index in [1.54, 1.807) is 12.1 Å². The van der Waals surface area contributed by atoms with E-state index in [4.69, 9.17) is 4.74 Å². The molecule has 0 spiro atoms. The van der Waals surface area contributed by atoms with Crippen LogP contribution in [0.4, 0.5) is 5.69 Å².